The largest absolute Gasteiger partial charge is 0.354 e. The lowest BCUT2D eigenvalue weighted by atomic mass is 10.1. The molecular weight excluding hydrogens is 364 g/mol. The zero-order valence-corrected chi connectivity index (χ0v) is 16.8. The highest BCUT2D eigenvalue weighted by Gasteiger charge is 2.31. The van der Waals surface area contributed by atoms with Gasteiger partial charge in [-0.25, -0.2) is 8.42 Å². The van der Waals surface area contributed by atoms with Crippen molar-refractivity contribution in [3.63, 3.8) is 0 Å². The molecule has 1 N–H and O–H groups in total. The number of sulfone groups is 1. The van der Waals surface area contributed by atoms with E-state index in [1.807, 2.05) is 37.8 Å². The summed E-state index contributed by atoms with van der Waals surface area (Å²) in [6.45, 7) is 5.92. The fraction of sp³-hybridized carbons (Fsp3) is 0.421. The number of anilines is 2. The van der Waals surface area contributed by atoms with E-state index in [1.165, 1.54) is 0 Å². The minimum atomic E-state index is -2.97. The number of carbonyl (C=O) groups is 1. The Labute approximate surface area is 159 Å². The summed E-state index contributed by atoms with van der Waals surface area (Å²) < 4.78 is 23.3. The molecule has 1 aromatic carbocycles. The Balaban J connectivity index is 1.73. The van der Waals surface area contributed by atoms with E-state index in [0.29, 0.717) is 12.2 Å². The topological polar surface area (TPSA) is 92.3 Å². The zero-order chi connectivity index (χ0) is 19.8. The summed E-state index contributed by atoms with van der Waals surface area (Å²) in [6, 6.07) is 7.23. The summed E-state index contributed by atoms with van der Waals surface area (Å²) in [6.07, 6.45) is 0.578. The van der Waals surface area contributed by atoms with Crippen LogP contribution >= 0.6 is 0 Å². The normalized spacial score (nSPS) is 18.3. The van der Waals surface area contributed by atoms with Gasteiger partial charge in [0.1, 0.15) is 0 Å². The molecule has 1 fully saturated rings. The van der Waals surface area contributed by atoms with Crippen molar-refractivity contribution in [3.05, 3.63) is 46.6 Å². The molecule has 0 bridgehead atoms. The molecule has 1 aliphatic heterocycles. The molecule has 1 aliphatic rings. The van der Waals surface area contributed by atoms with Crippen LogP contribution in [0.4, 0.5) is 11.5 Å². The van der Waals surface area contributed by atoms with Gasteiger partial charge in [-0.05, 0) is 50.5 Å². The Hall–Kier alpha value is -2.48. The van der Waals surface area contributed by atoms with Crippen molar-refractivity contribution in [1.82, 2.24) is 10.2 Å². The lowest BCUT2D eigenvalue weighted by Crippen LogP contribution is -2.33. The number of rotatable bonds is 4. The molecule has 3 rings (SSSR count). The van der Waals surface area contributed by atoms with Gasteiger partial charge in [-0.3, -0.25) is 4.79 Å². The first-order valence-corrected chi connectivity index (χ1v) is 10.6. The van der Waals surface area contributed by atoms with E-state index < -0.39 is 9.84 Å². The standard InChI is InChI=1S/C19H24N4O3S/c1-12-9-13(2)18(14(3)10-12)20-19(24)16-5-6-17(22-21-16)23(4)15-7-8-27(25,26)11-15/h5-6,9-10,15H,7-8,11H2,1-4H3,(H,20,24). The van der Waals surface area contributed by atoms with Crippen molar-refractivity contribution < 1.29 is 13.2 Å². The van der Waals surface area contributed by atoms with Crippen LogP contribution in [0.2, 0.25) is 0 Å². The average molecular weight is 388 g/mol. The number of aromatic nitrogens is 2. The predicted molar refractivity (Wildman–Crippen MR) is 106 cm³/mol. The molecule has 144 valence electrons. The van der Waals surface area contributed by atoms with Crippen LogP contribution in [-0.4, -0.2) is 49.1 Å². The van der Waals surface area contributed by atoms with Gasteiger partial charge in [0.15, 0.2) is 21.3 Å². The third-order valence-electron chi connectivity index (χ3n) is 4.92. The number of hydrogen-bond donors (Lipinski definition) is 1. The molecule has 1 amide bonds. The first-order chi connectivity index (χ1) is 12.7. The Bertz CT molecular complexity index is 948. The second-order valence-electron chi connectivity index (χ2n) is 7.17. The predicted octanol–water partition coefficient (Wildman–Crippen LogP) is 2.28. The number of amides is 1. The summed E-state index contributed by atoms with van der Waals surface area (Å²) in [5, 5.41) is 11.0. The van der Waals surface area contributed by atoms with Crippen LogP contribution in [-0.2, 0) is 9.84 Å². The van der Waals surface area contributed by atoms with Crippen molar-refractivity contribution in [2.24, 2.45) is 0 Å². The highest BCUT2D eigenvalue weighted by atomic mass is 32.2. The van der Waals surface area contributed by atoms with Gasteiger partial charge in [-0.15, -0.1) is 10.2 Å². The van der Waals surface area contributed by atoms with Crippen molar-refractivity contribution in [2.45, 2.75) is 33.2 Å². The van der Waals surface area contributed by atoms with Crippen LogP contribution < -0.4 is 10.2 Å². The smallest absolute Gasteiger partial charge is 0.276 e. The minimum absolute atomic E-state index is 0.109. The van der Waals surface area contributed by atoms with Crippen LogP contribution in [0.25, 0.3) is 0 Å². The highest BCUT2D eigenvalue weighted by Crippen LogP contribution is 2.23. The number of aryl methyl sites for hydroxylation is 3. The number of hydrogen-bond acceptors (Lipinski definition) is 6. The molecule has 1 aromatic heterocycles. The van der Waals surface area contributed by atoms with Crippen molar-refractivity contribution in [2.75, 3.05) is 28.8 Å². The molecule has 1 unspecified atom stereocenters. The van der Waals surface area contributed by atoms with E-state index in [4.69, 9.17) is 0 Å². The Morgan fingerprint density at radius 2 is 1.81 bits per heavy atom. The fourth-order valence-corrected chi connectivity index (χ4v) is 5.23. The average Bonchev–Trinajstić information content (AvgIpc) is 2.97. The molecule has 2 heterocycles. The molecule has 0 spiro atoms. The summed E-state index contributed by atoms with van der Waals surface area (Å²) in [5.41, 5.74) is 4.12. The fourth-order valence-electron chi connectivity index (χ4n) is 3.46. The second-order valence-corrected chi connectivity index (χ2v) is 9.40. The van der Waals surface area contributed by atoms with Gasteiger partial charge in [0.25, 0.3) is 5.91 Å². The van der Waals surface area contributed by atoms with Crippen LogP contribution in [0.3, 0.4) is 0 Å². The maximum Gasteiger partial charge on any atom is 0.276 e. The number of benzene rings is 1. The van der Waals surface area contributed by atoms with E-state index in [0.717, 1.165) is 22.4 Å². The van der Waals surface area contributed by atoms with Gasteiger partial charge in [-0.2, -0.15) is 0 Å². The molecule has 8 heteroatoms. The van der Waals surface area contributed by atoms with Gasteiger partial charge in [0, 0.05) is 18.8 Å². The van der Waals surface area contributed by atoms with E-state index in [2.05, 4.69) is 15.5 Å². The quantitative estimate of drug-likeness (QED) is 0.864. The second kappa shape index (κ2) is 7.26. The Kier molecular flexibility index (Phi) is 5.19. The highest BCUT2D eigenvalue weighted by molar-refractivity contribution is 7.91. The van der Waals surface area contributed by atoms with Gasteiger partial charge in [-0.1, -0.05) is 17.7 Å². The molecule has 0 radical (unpaired) electrons. The lowest BCUT2D eigenvalue weighted by molar-refractivity contribution is 0.102. The molecule has 0 aliphatic carbocycles. The van der Waals surface area contributed by atoms with E-state index in [-0.39, 0.29) is 29.1 Å². The summed E-state index contributed by atoms with van der Waals surface area (Å²) >= 11 is 0. The van der Waals surface area contributed by atoms with Crippen molar-refractivity contribution >= 4 is 27.2 Å². The number of nitrogens with one attached hydrogen (secondary N) is 1. The Morgan fingerprint density at radius 1 is 1.15 bits per heavy atom. The summed E-state index contributed by atoms with van der Waals surface area (Å²) in [5.74, 6) is 0.552. The van der Waals surface area contributed by atoms with Gasteiger partial charge in [0.05, 0.1) is 11.5 Å². The van der Waals surface area contributed by atoms with Crippen LogP contribution in [0.1, 0.15) is 33.6 Å². The van der Waals surface area contributed by atoms with Crippen LogP contribution in [0.15, 0.2) is 24.3 Å². The number of carbonyl (C=O) groups excluding carboxylic acids is 1. The molecule has 7 nitrogen and oxygen atoms in total. The van der Waals surface area contributed by atoms with Gasteiger partial charge in [0.2, 0.25) is 0 Å². The monoisotopic (exact) mass is 388 g/mol. The molecule has 0 saturated carbocycles. The maximum absolute atomic E-state index is 12.5. The first kappa shape index (κ1) is 19.3. The van der Waals surface area contributed by atoms with Crippen LogP contribution in [0, 0.1) is 20.8 Å². The Morgan fingerprint density at radius 3 is 2.33 bits per heavy atom. The summed E-state index contributed by atoms with van der Waals surface area (Å²) in [7, 11) is -1.17. The van der Waals surface area contributed by atoms with E-state index >= 15 is 0 Å². The van der Waals surface area contributed by atoms with Gasteiger partial charge >= 0.3 is 0 Å². The van der Waals surface area contributed by atoms with Crippen molar-refractivity contribution in [1.29, 1.82) is 0 Å². The molecule has 1 atom stereocenters. The lowest BCUT2D eigenvalue weighted by Gasteiger charge is -2.23. The minimum Gasteiger partial charge on any atom is -0.354 e. The third kappa shape index (κ3) is 4.27. The summed E-state index contributed by atoms with van der Waals surface area (Å²) in [4.78, 5) is 14.3. The molecule has 27 heavy (non-hydrogen) atoms. The van der Waals surface area contributed by atoms with E-state index in [1.54, 1.807) is 19.2 Å². The zero-order valence-electron chi connectivity index (χ0n) is 16.0. The van der Waals surface area contributed by atoms with E-state index in [9.17, 15) is 13.2 Å². The molecule has 2 aromatic rings. The third-order valence-corrected chi connectivity index (χ3v) is 6.67. The first-order valence-electron chi connectivity index (χ1n) is 8.82. The molecular formula is C19H24N4O3S. The maximum atomic E-state index is 12.5. The number of nitrogens with zero attached hydrogens (tertiary/aromatic N) is 3. The van der Waals surface area contributed by atoms with Crippen molar-refractivity contribution in [3.8, 4) is 0 Å². The SMILES string of the molecule is Cc1cc(C)c(NC(=O)c2ccc(N(C)C3CCS(=O)(=O)C3)nn2)c(C)c1. The van der Waals surface area contributed by atoms with Crippen LogP contribution in [0.5, 0.6) is 0 Å². The van der Waals surface area contributed by atoms with Gasteiger partial charge < -0.3 is 10.2 Å². The molecule has 1 saturated heterocycles.